The molecule has 0 radical (unpaired) electrons. The molecule has 1 aliphatic heterocycles. The maximum atomic E-state index is 13.8. The van der Waals surface area contributed by atoms with Gasteiger partial charge in [-0.3, -0.25) is 9.59 Å². The number of rotatable bonds is 4. The predicted molar refractivity (Wildman–Crippen MR) is 166 cm³/mol. The van der Waals surface area contributed by atoms with Gasteiger partial charge in [0, 0.05) is 0 Å². The highest BCUT2D eigenvalue weighted by Crippen LogP contribution is 2.76. The van der Waals surface area contributed by atoms with Crippen LogP contribution in [0, 0.1) is 50.2 Å². The zero-order chi connectivity index (χ0) is 33.1. The minimum atomic E-state index is -1.36. The van der Waals surface area contributed by atoms with Crippen molar-refractivity contribution in [1.29, 1.82) is 0 Å². The van der Waals surface area contributed by atoms with Crippen LogP contribution in [-0.2, 0) is 19.1 Å². The van der Waals surface area contributed by atoms with Crippen LogP contribution in [0.3, 0.4) is 0 Å². The minimum absolute atomic E-state index is 0.0443. The van der Waals surface area contributed by atoms with E-state index in [2.05, 4.69) is 47.6 Å². The van der Waals surface area contributed by atoms with E-state index in [9.17, 15) is 35.1 Å². The Balaban J connectivity index is 1.35. The highest BCUT2D eigenvalue weighted by atomic mass is 16.7. The Kier molecular flexibility index (Phi) is 7.78. The number of aliphatic hydroxyl groups excluding tert-OH is 3. The van der Waals surface area contributed by atoms with Crippen molar-refractivity contribution >= 4 is 11.9 Å². The first-order valence-electron chi connectivity index (χ1n) is 17.3. The maximum absolute atomic E-state index is 13.8. The first-order valence-corrected chi connectivity index (χ1v) is 17.3. The second kappa shape index (κ2) is 10.5. The van der Waals surface area contributed by atoms with Gasteiger partial charge in [-0.05, 0) is 111 Å². The van der Waals surface area contributed by atoms with Crippen molar-refractivity contribution in [2.45, 2.75) is 149 Å². The molecular weight excluding hydrogens is 576 g/mol. The van der Waals surface area contributed by atoms with Gasteiger partial charge >= 0.3 is 11.9 Å². The van der Waals surface area contributed by atoms with Crippen LogP contribution >= 0.6 is 0 Å². The molecule has 0 aromatic heterocycles. The second-order valence-corrected chi connectivity index (χ2v) is 17.7. The number of allylic oxidation sites excluding steroid dienone is 1. The molecule has 6 rings (SSSR count). The van der Waals surface area contributed by atoms with E-state index in [0.717, 1.165) is 37.7 Å². The van der Waals surface area contributed by atoms with Crippen LogP contribution in [0.25, 0.3) is 0 Å². The fourth-order valence-corrected chi connectivity index (χ4v) is 12.3. The van der Waals surface area contributed by atoms with Gasteiger partial charge in [0.25, 0.3) is 0 Å². The number of carbonyl (C=O) groups is 2. The predicted octanol–water partition coefficient (Wildman–Crippen LogP) is 5.15. The van der Waals surface area contributed by atoms with Crippen molar-refractivity contribution in [2.75, 3.05) is 0 Å². The molecule has 0 bridgehead atoms. The summed E-state index contributed by atoms with van der Waals surface area (Å²) in [4.78, 5) is 26.7. The van der Waals surface area contributed by atoms with Crippen LogP contribution in [0.2, 0.25) is 0 Å². The molecule has 9 heteroatoms. The highest BCUT2D eigenvalue weighted by molar-refractivity contribution is 5.84. The Morgan fingerprint density at radius 2 is 1.49 bits per heavy atom. The van der Waals surface area contributed by atoms with Gasteiger partial charge in [-0.25, -0.2) is 0 Å². The van der Waals surface area contributed by atoms with Crippen LogP contribution in [0.5, 0.6) is 0 Å². The van der Waals surface area contributed by atoms with Gasteiger partial charge < -0.3 is 35.0 Å². The smallest absolute Gasteiger partial charge is 0.314 e. The molecule has 5 fully saturated rings. The quantitative estimate of drug-likeness (QED) is 0.209. The van der Waals surface area contributed by atoms with E-state index >= 15 is 0 Å². The van der Waals surface area contributed by atoms with E-state index in [4.69, 9.17) is 9.47 Å². The lowest BCUT2D eigenvalue weighted by Crippen LogP contribution is -2.68. The molecule has 0 spiro atoms. The molecular formula is C36H56O9. The van der Waals surface area contributed by atoms with E-state index in [1.165, 1.54) is 0 Å². The summed E-state index contributed by atoms with van der Waals surface area (Å²) in [5.41, 5.74) is -2.17. The molecule has 9 nitrogen and oxygen atoms in total. The monoisotopic (exact) mass is 632 g/mol. The molecule has 5 N–H and O–H groups in total. The van der Waals surface area contributed by atoms with Crippen LogP contribution < -0.4 is 0 Å². The number of aliphatic hydroxyl groups is 3. The fourth-order valence-electron chi connectivity index (χ4n) is 12.3. The van der Waals surface area contributed by atoms with Crippen molar-refractivity contribution < 1.29 is 44.6 Å². The van der Waals surface area contributed by atoms with Crippen LogP contribution in [0.15, 0.2) is 11.6 Å². The summed E-state index contributed by atoms with van der Waals surface area (Å²) in [6.07, 6.45) is 3.02. The van der Waals surface area contributed by atoms with Gasteiger partial charge in [0.15, 0.2) is 6.29 Å². The number of ether oxygens (including phenoxy) is 2. The summed E-state index contributed by atoms with van der Waals surface area (Å²) in [6, 6.07) is 0. The van der Waals surface area contributed by atoms with Crippen LogP contribution in [-0.4, -0.2) is 74.3 Å². The zero-order valence-electron chi connectivity index (χ0n) is 28.2. The third-order valence-electron chi connectivity index (χ3n) is 14.9. The third-order valence-corrected chi connectivity index (χ3v) is 14.9. The lowest BCUT2D eigenvalue weighted by atomic mass is 9.33. The topological polar surface area (TPSA) is 154 Å². The summed E-state index contributed by atoms with van der Waals surface area (Å²) in [7, 11) is 0. The van der Waals surface area contributed by atoms with Crippen molar-refractivity contribution in [3.63, 3.8) is 0 Å². The first-order chi connectivity index (χ1) is 20.8. The van der Waals surface area contributed by atoms with Crippen molar-refractivity contribution in [1.82, 2.24) is 0 Å². The van der Waals surface area contributed by atoms with E-state index in [1.54, 1.807) is 6.92 Å². The summed E-state index contributed by atoms with van der Waals surface area (Å²) >= 11 is 0. The fraction of sp³-hybridized carbons (Fsp3) is 0.889. The molecule has 1 heterocycles. The van der Waals surface area contributed by atoms with Gasteiger partial charge in [0.1, 0.15) is 18.3 Å². The number of carboxylic acids is 2. The largest absolute Gasteiger partial charge is 0.481 e. The normalized spacial score (nSPS) is 51.9. The highest BCUT2D eigenvalue weighted by Gasteiger charge is 2.73. The Morgan fingerprint density at radius 1 is 0.822 bits per heavy atom. The Bertz CT molecular complexity index is 1260. The summed E-state index contributed by atoms with van der Waals surface area (Å²) < 4.78 is 12.3. The first kappa shape index (κ1) is 33.4. The number of fused-ring (bicyclic) bond motifs is 7. The Labute approximate surface area is 267 Å². The van der Waals surface area contributed by atoms with Crippen molar-refractivity contribution in [3.05, 3.63) is 11.6 Å². The lowest BCUT2D eigenvalue weighted by Gasteiger charge is -2.70. The molecule has 45 heavy (non-hydrogen) atoms. The van der Waals surface area contributed by atoms with Crippen molar-refractivity contribution in [3.8, 4) is 0 Å². The number of aliphatic carboxylic acids is 2. The molecule has 5 aliphatic carbocycles. The number of hydrogen-bond acceptors (Lipinski definition) is 7. The van der Waals surface area contributed by atoms with E-state index in [-0.39, 0.29) is 40.1 Å². The summed E-state index contributed by atoms with van der Waals surface area (Å²) in [6.45, 7) is 15.0. The standard InChI is InChI=1S/C36H56O9/c1-19-25(37)26(38)27(39)28(44-19)45-24-11-12-33(6)22(32(24,4)5)10-13-34(7)23(33)9-8-20-21-18-31(2,3)14-15-35(21,29(40)41)16-17-36(20,34)30(42)43/h8,19,21-28,37-39H,9-18H2,1-7H3,(H,40,41)(H,42,43)/t19-,21+,22-,23+,24+,25-,26+,27-,28+,33+,34-,35+,36-/m1/s1. The average Bonchev–Trinajstić information content (AvgIpc) is 2.95. The van der Waals surface area contributed by atoms with E-state index < -0.39 is 58.9 Å². The maximum Gasteiger partial charge on any atom is 0.314 e. The van der Waals surface area contributed by atoms with E-state index in [1.807, 2.05) is 0 Å². The molecule has 13 atom stereocenters. The molecule has 1 saturated heterocycles. The van der Waals surface area contributed by atoms with Crippen molar-refractivity contribution in [2.24, 2.45) is 50.2 Å². The van der Waals surface area contributed by atoms with Gasteiger partial charge in [0.2, 0.25) is 0 Å². The van der Waals surface area contributed by atoms with Gasteiger partial charge in [0.05, 0.1) is 23.0 Å². The third kappa shape index (κ3) is 4.42. The van der Waals surface area contributed by atoms with Gasteiger partial charge in [-0.15, -0.1) is 0 Å². The van der Waals surface area contributed by atoms with Crippen LogP contribution in [0.1, 0.15) is 113 Å². The Morgan fingerprint density at radius 3 is 2.13 bits per heavy atom. The molecule has 254 valence electrons. The molecule has 0 aromatic carbocycles. The molecule has 6 aliphatic rings. The zero-order valence-corrected chi connectivity index (χ0v) is 28.2. The van der Waals surface area contributed by atoms with Crippen LogP contribution in [0.4, 0.5) is 0 Å². The summed E-state index contributed by atoms with van der Waals surface area (Å²) in [5.74, 6) is -1.52. The lowest BCUT2D eigenvalue weighted by molar-refractivity contribution is -0.324. The number of hydrogen-bond donors (Lipinski definition) is 5. The van der Waals surface area contributed by atoms with Gasteiger partial charge in [-0.2, -0.15) is 0 Å². The SMILES string of the molecule is C[C@H]1O[C@@H](O[C@H]2CC[C@@]3(C)[C@H](CC[C@]4(C)[C@H]3CC=C3[C@@H]5CC(C)(C)CC[C@]5(C(=O)O)CC[C@]34C(=O)O)C2(C)C)[C@H](O)[C@@H](O)[C@@H]1O. The second-order valence-electron chi connectivity index (χ2n) is 17.7. The molecule has 0 amide bonds. The van der Waals surface area contributed by atoms with E-state index in [0.29, 0.717) is 32.1 Å². The average molecular weight is 633 g/mol. The molecule has 0 aromatic rings. The van der Waals surface area contributed by atoms with Gasteiger partial charge in [-0.1, -0.05) is 53.2 Å². The molecule has 4 saturated carbocycles. The minimum Gasteiger partial charge on any atom is -0.481 e. The molecule has 0 unspecified atom stereocenters. The number of carboxylic acid groups (broad SMARTS) is 2. The Hall–Kier alpha value is -1.52. The summed E-state index contributed by atoms with van der Waals surface area (Å²) in [5, 5.41) is 53.2.